The van der Waals surface area contributed by atoms with Crippen molar-refractivity contribution in [2.24, 2.45) is 0 Å². The largest absolute Gasteiger partial charge is 0.418 e. The molecule has 0 saturated carbocycles. The number of para-hydroxylation sites is 1. The van der Waals surface area contributed by atoms with Gasteiger partial charge in [0, 0.05) is 6.20 Å². The Morgan fingerprint density at radius 3 is 2.32 bits per heavy atom. The molecule has 4 nitrogen and oxygen atoms in total. The molecule has 0 aliphatic heterocycles. The van der Waals surface area contributed by atoms with Gasteiger partial charge in [0.1, 0.15) is 11.4 Å². The lowest BCUT2D eigenvalue weighted by atomic mass is 10.1. The van der Waals surface area contributed by atoms with Crippen LogP contribution in [0.3, 0.4) is 0 Å². The first-order valence-corrected chi connectivity index (χ1v) is 8.17. The lowest BCUT2D eigenvalue weighted by Gasteiger charge is -2.14. The monoisotopic (exact) mass is 390 g/mol. The predicted octanol–water partition coefficient (Wildman–Crippen LogP) is 4.31. The van der Waals surface area contributed by atoms with Crippen LogP contribution >= 0.6 is 0 Å². The second-order valence-corrected chi connectivity index (χ2v) is 5.98. The molecule has 3 aromatic rings. The van der Waals surface area contributed by atoms with Gasteiger partial charge in [0.2, 0.25) is 0 Å². The zero-order chi connectivity index (χ0) is 20.3. The molecule has 8 heteroatoms. The Morgan fingerprint density at radius 2 is 1.64 bits per heavy atom. The second kappa shape index (κ2) is 7.67. The van der Waals surface area contributed by atoms with Crippen LogP contribution in [0.15, 0.2) is 71.7 Å². The predicted molar refractivity (Wildman–Crippen MR) is 95.6 cm³/mol. The number of nitrogens with zero attached hydrogens (tertiary/aromatic N) is 1. The van der Waals surface area contributed by atoms with Crippen molar-refractivity contribution in [1.29, 1.82) is 0 Å². The number of aromatic nitrogens is 1. The van der Waals surface area contributed by atoms with E-state index in [1.165, 1.54) is 59.3 Å². The first-order valence-electron chi connectivity index (χ1n) is 8.17. The van der Waals surface area contributed by atoms with Gasteiger partial charge in [-0.15, -0.1) is 0 Å². The number of benzene rings is 2. The molecule has 0 bridgehead atoms. The summed E-state index contributed by atoms with van der Waals surface area (Å²) in [7, 11) is 0. The van der Waals surface area contributed by atoms with Gasteiger partial charge < -0.3 is 9.88 Å². The van der Waals surface area contributed by atoms with Gasteiger partial charge in [0.15, 0.2) is 0 Å². The van der Waals surface area contributed by atoms with E-state index in [0.717, 1.165) is 12.1 Å². The Morgan fingerprint density at radius 1 is 0.964 bits per heavy atom. The van der Waals surface area contributed by atoms with Crippen LogP contribution in [0.2, 0.25) is 0 Å². The van der Waals surface area contributed by atoms with Crippen LogP contribution in [0.25, 0.3) is 0 Å². The van der Waals surface area contributed by atoms with E-state index in [2.05, 4.69) is 5.32 Å². The lowest BCUT2D eigenvalue weighted by molar-refractivity contribution is -0.136. The fourth-order valence-corrected chi connectivity index (χ4v) is 2.65. The maximum Gasteiger partial charge on any atom is 0.418 e. The maximum atomic E-state index is 13.1. The van der Waals surface area contributed by atoms with Crippen molar-refractivity contribution >= 4 is 11.6 Å². The first-order chi connectivity index (χ1) is 13.3. The van der Waals surface area contributed by atoms with Crippen molar-refractivity contribution in [3.8, 4) is 0 Å². The molecule has 0 radical (unpaired) electrons. The normalized spacial score (nSPS) is 11.3. The lowest BCUT2D eigenvalue weighted by Crippen LogP contribution is -2.29. The van der Waals surface area contributed by atoms with Crippen molar-refractivity contribution in [1.82, 2.24) is 4.57 Å². The summed E-state index contributed by atoms with van der Waals surface area (Å²) in [5, 5.41) is 2.15. The molecule has 0 fully saturated rings. The van der Waals surface area contributed by atoms with E-state index in [-0.39, 0.29) is 12.1 Å². The minimum atomic E-state index is -4.65. The smallest absolute Gasteiger partial charge is 0.321 e. The molecule has 0 aliphatic rings. The summed E-state index contributed by atoms with van der Waals surface area (Å²) in [5.41, 5.74) is -1.79. The number of carbonyl (C=O) groups excluding carboxylic acids is 1. The molecule has 1 N–H and O–H groups in total. The summed E-state index contributed by atoms with van der Waals surface area (Å²) < 4.78 is 53.4. The van der Waals surface area contributed by atoms with Crippen molar-refractivity contribution in [3.05, 3.63) is 99.7 Å². The van der Waals surface area contributed by atoms with Gasteiger partial charge in [-0.3, -0.25) is 9.59 Å². The SMILES string of the molecule is O=C(Nc1ccccc1C(F)(F)F)c1cccn(Cc2ccc(F)cc2)c1=O. The molecule has 0 unspecified atom stereocenters. The number of amides is 1. The number of anilines is 1. The molecule has 0 atom stereocenters. The van der Waals surface area contributed by atoms with Gasteiger partial charge in [-0.25, -0.2) is 4.39 Å². The Hall–Kier alpha value is -3.42. The molecule has 2 aromatic carbocycles. The molecule has 1 heterocycles. The average molecular weight is 390 g/mol. The molecule has 0 saturated heterocycles. The number of hydrogen-bond acceptors (Lipinski definition) is 2. The van der Waals surface area contributed by atoms with Crippen LogP contribution in [-0.2, 0) is 12.7 Å². The van der Waals surface area contributed by atoms with Crippen LogP contribution < -0.4 is 10.9 Å². The number of nitrogens with one attached hydrogen (secondary N) is 1. The summed E-state index contributed by atoms with van der Waals surface area (Å²) in [5.74, 6) is -1.37. The molecule has 0 aliphatic carbocycles. The van der Waals surface area contributed by atoms with E-state index in [4.69, 9.17) is 0 Å². The summed E-state index contributed by atoms with van der Waals surface area (Å²) in [6, 6.07) is 12.6. The minimum absolute atomic E-state index is 0.0827. The summed E-state index contributed by atoms with van der Waals surface area (Å²) in [6.45, 7) is 0.0827. The van der Waals surface area contributed by atoms with Crippen LogP contribution in [0.5, 0.6) is 0 Å². The molecule has 3 rings (SSSR count). The third-order valence-electron chi connectivity index (χ3n) is 4.01. The minimum Gasteiger partial charge on any atom is -0.321 e. The number of alkyl halides is 3. The van der Waals surface area contributed by atoms with Crippen LogP contribution in [-0.4, -0.2) is 10.5 Å². The second-order valence-electron chi connectivity index (χ2n) is 5.98. The molecule has 1 amide bonds. The van der Waals surface area contributed by atoms with Crippen molar-refractivity contribution in [2.75, 3.05) is 5.32 Å². The molecule has 0 spiro atoms. The highest BCUT2D eigenvalue weighted by Crippen LogP contribution is 2.34. The number of carbonyl (C=O) groups is 1. The van der Waals surface area contributed by atoms with Gasteiger partial charge >= 0.3 is 6.18 Å². The van der Waals surface area contributed by atoms with Gasteiger partial charge in [0.05, 0.1) is 17.8 Å². The summed E-state index contributed by atoms with van der Waals surface area (Å²) >= 11 is 0. The van der Waals surface area contributed by atoms with Gasteiger partial charge in [0.25, 0.3) is 11.5 Å². The Labute approximate surface area is 157 Å². The zero-order valence-corrected chi connectivity index (χ0v) is 14.3. The van der Waals surface area contributed by atoms with Crippen molar-refractivity contribution in [3.63, 3.8) is 0 Å². The highest BCUT2D eigenvalue weighted by molar-refractivity contribution is 6.04. The van der Waals surface area contributed by atoms with Crippen LogP contribution in [0.1, 0.15) is 21.5 Å². The van der Waals surface area contributed by atoms with Crippen molar-refractivity contribution in [2.45, 2.75) is 12.7 Å². The molecular formula is C20H14F4N2O2. The average Bonchev–Trinajstić information content (AvgIpc) is 2.64. The quantitative estimate of drug-likeness (QED) is 0.675. The Bertz CT molecular complexity index is 1060. The third-order valence-corrected chi connectivity index (χ3v) is 4.01. The van der Waals surface area contributed by atoms with E-state index in [1.807, 2.05) is 0 Å². The van der Waals surface area contributed by atoms with Crippen molar-refractivity contribution < 1.29 is 22.4 Å². The fourth-order valence-electron chi connectivity index (χ4n) is 2.65. The summed E-state index contributed by atoms with van der Waals surface area (Å²) in [6.07, 6.45) is -3.21. The zero-order valence-electron chi connectivity index (χ0n) is 14.3. The first kappa shape index (κ1) is 19.3. The fraction of sp³-hybridized carbons (Fsp3) is 0.100. The topological polar surface area (TPSA) is 51.1 Å². The number of pyridine rings is 1. The Kier molecular flexibility index (Phi) is 5.30. The van der Waals surface area contributed by atoms with E-state index in [9.17, 15) is 27.2 Å². The third kappa shape index (κ3) is 4.28. The molecule has 1 aromatic heterocycles. The Balaban J connectivity index is 1.88. The van der Waals surface area contributed by atoms with E-state index < -0.39 is 34.7 Å². The van der Waals surface area contributed by atoms with E-state index in [1.54, 1.807) is 0 Å². The number of hydrogen-bond donors (Lipinski definition) is 1. The number of rotatable bonds is 4. The highest BCUT2D eigenvalue weighted by Gasteiger charge is 2.33. The van der Waals surface area contributed by atoms with Gasteiger partial charge in [-0.05, 0) is 42.0 Å². The number of halogens is 4. The molecular weight excluding hydrogens is 376 g/mol. The van der Waals surface area contributed by atoms with E-state index in [0.29, 0.717) is 5.56 Å². The van der Waals surface area contributed by atoms with Crippen LogP contribution in [0.4, 0.5) is 23.2 Å². The van der Waals surface area contributed by atoms with Gasteiger partial charge in [-0.1, -0.05) is 24.3 Å². The summed E-state index contributed by atoms with van der Waals surface area (Å²) in [4.78, 5) is 25.0. The maximum absolute atomic E-state index is 13.1. The highest BCUT2D eigenvalue weighted by atomic mass is 19.4. The van der Waals surface area contributed by atoms with Crippen LogP contribution in [0, 0.1) is 5.82 Å². The van der Waals surface area contributed by atoms with Gasteiger partial charge in [-0.2, -0.15) is 13.2 Å². The standard InChI is InChI=1S/C20H14F4N2O2/c21-14-9-7-13(8-10-14)12-26-11-3-4-15(19(26)28)18(27)25-17-6-2-1-5-16(17)20(22,23)24/h1-11H,12H2,(H,25,27). The van der Waals surface area contributed by atoms with E-state index >= 15 is 0 Å². The molecule has 144 valence electrons. The molecule has 28 heavy (non-hydrogen) atoms.